The van der Waals surface area contributed by atoms with Crippen molar-refractivity contribution < 1.29 is 4.74 Å². The molecule has 3 heteroatoms. The summed E-state index contributed by atoms with van der Waals surface area (Å²) in [5.74, 6) is 1.29. The van der Waals surface area contributed by atoms with Gasteiger partial charge >= 0.3 is 0 Å². The predicted octanol–water partition coefficient (Wildman–Crippen LogP) is 4.08. The second-order valence-corrected chi connectivity index (χ2v) is 4.73. The predicted molar refractivity (Wildman–Crippen MR) is 64.8 cm³/mol. The molecule has 0 fully saturated rings. The summed E-state index contributed by atoms with van der Waals surface area (Å²) in [6.07, 6.45) is 0. The van der Waals surface area contributed by atoms with Crippen molar-refractivity contribution in [3.8, 4) is 5.75 Å². The van der Waals surface area contributed by atoms with Crippen LogP contribution in [0.4, 0.5) is 0 Å². The monoisotopic (exact) mass is 310 g/mol. The highest BCUT2D eigenvalue weighted by molar-refractivity contribution is 14.1. The standard InChI is InChI=1S/C10H12ClIO/c1-6(2)7-4-9(12)10(13-3)5-8(7)11/h4-6H,1-3H3. The molecule has 0 spiro atoms. The molecular formula is C10H12ClIO. The van der Waals surface area contributed by atoms with E-state index in [4.69, 9.17) is 16.3 Å². The van der Waals surface area contributed by atoms with Crippen molar-refractivity contribution in [2.24, 2.45) is 0 Å². The van der Waals surface area contributed by atoms with Crippen LogP contribution in [0.5, 0.6) is 5.75 Å². The molecule has 1 rings (SSSR count). The van der Waals surface area contributed by atoms with Gasteiger partial charge in [0, 0.05) is 11.1 Å². The molecule has 0 unspecified atom stereocenters. The van der Waals surface area contributed by atoms with Crippen LogP contribution in [0.15, 0.2) is 12.1 Å². The zero-order valence-electron chi connectivity index (χ0n) is 7.90. The topological polar surface area (TPSA) is 9.23 Å². The van der Waals surface area contributed by atoms with Gasteiger partial charge in [-0.2, -0.15) is 0 Å². The molecule has 0 aliphatic carbocycles. The third-order valence-corrected chi connectivity index (χ3v) is 3.06. The summed E-state index contributed by atoms with van der Waals surface area (Å²) < 4.78 is 6.27. The first-order valence-electron chi connectivity index (χ1n) is 4.09. The minimum Gasteiger partial charge on any atom is -0.496 e. The average molecular weight is 311 g/mol. The Kier molecular flexibility index (Phi) is 3.86. The summed E-state index contributed by atoms with van der Waals surface area (Å²) in [4.78, 5) is 0. The Bertz CT molecular complexity index is 310. The van der Waals surface area contributed by atoms with E-state index < -0.39 is 0 Å². The fourth-order valence-electron chi connectivity index (χ4n) is 1.14. The number of ether oxygens (including phenoxy) is 1. The van der Waals surface area contributed by atoms with E-state index >= 15 is 0 Å². The molecule has 0 aliphatic rings. The van der Waals surface area contributed by atoms with E-state index in [-0.39, 0.29) is 0 Å². The Balaban J connectivity index is 3.20. The molecule has 0 bridgehead atoms. The Hall–Kier alpha value is 0.0400. The maximum atomic E-state index is 6.09. The van der Waals surface area contributed by atoms with Crippen LogP contribution in [0.1, 0.15) is 25.3 Å². The van der Waals surface area contributed by atoms with Crippen molar-refractivity contribution in [1.82, 2.24) is 0 Å². The molecule has 0 aliphatic heterocycles. The van der Waals surface area contributed by atoms with Crippen LogP contribution in [0, 0.1) is 3.57 Å². The van der Waals surface area contributed by atoms with Gasteiger partial charge in [-0.3, -0.25) is 0 Å². The molecule has 0 saturated carbocycles. The van der Waals surface area contributed by atoms with Crippen molar-refractivity contribution >= 4 is 34.2 Å². The maximum Gasteiger partial charge on any atom is 0.133 e. The zero-order chi connectivity index (χ0) is 10.0. The molecule has 1 aromatic rings. The summed E-state index contributed by atoms with van der Waals surface area (Å²) in [6, 6.07) is 3.95. The van der Waals surface area contributed by atoms with Crippen molar-refractivity contribution in [3.05, 3.63) is 26.3 Å². The average Bonchev–Trinajstić information content (AvgIpc) is 2.07. The van der Waals surface area contributed by atoms with Gasteiger partial charge in [0.2, 0.25) is 0 Å². The van der Waals surface area contributed by atoms with Gasteiger partial charge in [0.15, 0.2) is 0 Å². The van der Waals surface area contributed by atoms with Crippen LogP contribution in [-0.4, -0.2) is 7.11 Å². The number of benzene rings is 1. The van der Waals surface area contributed by atoms with Crippen LogP contribution >= 0.6 is 34.2 Å². The largest absolute Gasteiger partial charge is 0.496 e. The molecule has 0 aromatic heterocycles. The molecule has 1 nitrogen and oxygen atoms in total. The molecule has 0 heterocycles. The Labute approximate surface area is 97.6 Å². The number of hydrogen-bond acceptors (Lipinski definition) is 1. The van der Waals surface area contributed by atoms with Gasteiger partial charge < -0.3 is 4.74 Å². The van der Waals surface area contributed by atoms with E-state index in [0.717, 1.165) is 14.3 Å². The van der Waals surface area contributed by atoms with E-state index in [1.165, 1.54) is 5.56 Å². The van der Waals surface area contributed by atoms with Crippen LogP contribution in [0.2, 0.25) is 5.02 Å². The normalized spacial score (nSPS) is 10.6. The van der Waals surface area contributed by atoms with Crippen LogP contribution < -0.4 is 4.74 Å². The third kappa shape index (κ3) is 2.50. The minimum atomic E-state index is 0.451. The Morgan fingerprint density at radius 2 is 2.00 bits per heavy atom. The molecular weight excluding hydrogens is 298 g/mol. The van der Waals surface area contributed by atoms with E-state index in [1.807, 2.05) is 6.07 Å². The van der Waals surface area contributed by atoms with Gasteiger partial charge in [-0.1, -0.05) is 25.4 Å². The molecule has 0 saturated heterocycles. The lowest BCUT2D eigenvalue weighted by Crippen LogP contribution is -1.93. The molecule has 0 N–H and O–H groups in total. The Morgan fingerprint density at radius 3 is 2.46 bits per heavy atom. The van der Waals surface area contributed by atoms with E-state index in [9.17, 15) is 0 Å². The highest BCUT2D eigenvalue weighted by Gasteiger charge is 2.09. The summed E-state index contributed by atoms with van der Waals surface area (Å²) in [5, 5.41) is 0.785. The zero-order valence-corrected chi connectivity index (χ0v) is 10.8. The summed E-state index contributed by atoms with van der Waals surface area (Å²) >= 11 is 8.34. The van der Waals surface area contributed by atoms with Gasteiger partial charge in [-0.05, 0) is 40.1 Å². The Morgan fingerprint density at radius 1 is 1.38 bits per heavy atom. The second kappa shape index (κ2) is 4.51. The van der Waals surface area contributed by atoms with Crippen molar-refractivity contribution in [1.29, 1.82) is 0 Å². The first-order chi connectivity index (χ1) is 6.06. The quantitative estimate of drug-likeness (QED) is 0.748. The molecule has 13 heavy (non-hydrogen) atoms. The number of halogens is 2. The van der Waals surface area contributed by atoms with Crippen molar-refractivity contribution in [2.75, 3.05) is 7.11 Å². The lowest BCUT2D eigenvalue weighted by Gasteiger charge is -2.11. The highest BCUT2D eigenvalue weighted by atomic mass is 127. The van der Waals surface area contributed by atoms with E-state index in [0.29, 0.717) is 5.92 Å². The van der Waals surface area contributed by atoms with E-state index in [2.05, 4.69) is 42.5 Å². The SMILES string of the molecule is COc1cc(Cl)c(C(C)C)cc1I. The van der Waals surface area contributed by atoms with Crippen LogP contribution in [-0.2, 0) is 0 Å². The van der Waals surface area contributed by atoms with Gasteiger partial charge in [-0.15, -0.1) is 0 Å². The minimum absolute atomic E-state index is 0.451. The van der Waals surface area contributed by atoms with Gasteiger partial charge in [0.1, 0.15) is 5.75 Å². The first-order valence-corrected chi connectivity index (χ1v) is 5.55. The van der Waals surface area contributed by atoms with Crippen LogP contribution in [0.3, 0.4) is 0 Å². The molecule has 72 valence electrons. The van der Waals surface area contributed by atoms with Crippen LogP contribution in [0.25, 0.3) is 0 Å². The van der Waals surface area contributed by atoms with Crippen molar-refractivity contribution in [3.63, 3.8) is 0 Å². The summed E-state index contributed by atoms with van der Waals surface area (Å²) in [6.45, 7) is 4.26. The smallest absolute Gasteiger partial charge is 0.133 e. The lowest BCUT2D eigenvalue weighted by atomic mass is 10.0. The third-order valence-electron chi connectivity index (χ3n) is 1.89. The maximum absolute atomic E-state index is 6.09. The highest BCUT2D eigenvalue weighted by Crippen LogP contribution is 2.32. The van der Waals surface area contributed by atoms with Crippen molar-refractivity contribution in [2.45, 2.75) is 19.8 Å². The number of methoxy groups -OCH3 is 1. The lowest BCUT2D eigenvalue weighted by molar-refractivity contribution is 0.411. The van der Waals surface area contributed by atoms with Gasteiger partial charge in [-0.25, -0.2) is 0 Å². The van der Waals surface area contributed by atoms with E-state index in [1.54, 1.807) is 7.11 Å². The molecule has 1 aromatic carbocycles. The number of hydrogen-bond donors (Lipinski definition) is 0. The molecule has 0 atom stereocenters. The summed E-state index contributed by atoms with van der Waals surface area (Å²) in [5.41, 5.74) is 1.17. The fraction of sp³-hybridized carbons (Fsp3) is 0.400. The van der Waals surface area contributed by atoms with Gasteiger partial charge in [0.05, 0.1) is 10.7 Å². The second-order valence-electron chi connectivity index (χ2n) is 3.16. The molecule has 0 radical (unpaired) electrons. The van der Waals surface area contributed by atoms with Gasteiger partial charge in [0.25, 0.3) is 0 Å². The first kappa shape index (κ1) is 11.1. The fourth-order valence-corrected chi connectivity index (χ4v) is 2.23. The number of rotatable bonds is 2. The summed E-state index contributed by atoms with van der Waals surface area (Å²) in [7, 11) is 1.66. The molecule has 0 amide bonds.